The zero-order chi connectivity index (χ0) is 12.1. The highest BCUT2D eigenvalue weighted by Gasteiger charge is 2.08. The Kier molecular flexibility index (Phi) is 3.85. The van der Waals surface area contributed by atoms with Gasteiger partial charge >= 0.3 is 0 Å². The molecule has 0 amide bonds. The van der Waals surface area contributed by atoms with E-state index in [1.54, 1.807) is 12.1 Å². The van der Waals surface area contributed by atoms with Crippen LogP contribution in [-0.4, -0.2) is 30.7 Å². The lowest BCUT2D eigenvalue weighted by Gasteiger charge is -2.20. The number of non-ortho nitro benzene ring substituents is 1. The Hall–Kier alpha value is -1.72. The molecule has 0 saturated carbocycles. The van der Waals surface area contributed by atoms with Gasteiger partial charge in [0.1, 0.15) is 0 Å². The van der Waals surface area contributed by atoms with Gasteiger partial charge in [0.15, 0.2) is 0 Å². The van der Waals surface area contributed by atoms with Gasteiger partial charge in [-0.25, -0.2) is 0 Å². The molecule has 5 nitrogen and oxygen atoms in total. The van der Waals surface area contributed by atoms with E-state index in [0.29, 0.717) is 6.61 Å². The second kappa shape index (κ2) is 5.56. The van der Waals surface area contributed by atoms with E-state index in [2.05, 4.69) is 5.32 Å². The van der Waals surface area contributed by atoms with Crippen molar-refractivity contribution in [1.82, 2.24) is 5.32 Å². The normalized spacial score (nSPS) is 20.6. The van der Waals surface area contributed by atoms with Crippen molar-refractivity contribution in [3.63, 3.8) is 0 Å². The number of nitro benzene ring substituents is 1. The van der Waals surface area contributed by atoms with Crippen LogP contribution in [0, 0.1) is 10.1 Å². The van der Waals surface area contributed by atoms with Gasteiger partial charge in [-0.15, -0.1) is 0 Å². The maximum absolute atomic E-state index is 10.5. The van der Waals surface area contributed by atoms with E-state index in [0.717, 1.165) is 18.7 Å². The van der Waals surface area contributed by atoms with Crippen molar-refractivity contribution < 1.29 is 9.66 Å². The fraction of sp³-hybridized carbons (Fsp3) is 0.333. The molecule has 0 radical (unpaired) electrons. The minimum absolute atomic E-state index is 0.112. The molecule has 0 aromatic heterocycles. The number of hydrogen-bond donors (Lipinski definition) is 1. The molecule has 1 aliphatic heterocycles. The first-order chi connectivity index (χ1) is 8.25. The third kappa shape index (κ3) is 3.37. The Balaban J connectivity index is 1.98. The molecular formula is C12H14N2O3. The molecule has 17 heavy (non-hydrogen) atoms. The van der Waals surface area contributed by atoms with E-state index in [-0.39, 0.29) is 11.7 Å². The summed E-state index contributed by atoms with van der Waals surface area (Å²) in [6.45, 7) is 2.28. The standard InChI is InChI=1S/C12H14N2O3/c15-14(16)12-5-2-10(3-6-12)1-4-11-9-17-8-7-13-11/h1-6,11,13H,7-9H2/b4-1+. The van der Waals surface area contributed by atoms with Crippen LogP contribution in [0.25, 0.3) is 6.08 Å². The van der Waals surface area contributed by atoms with Gasteiger partial charge in [-0.05, 0) is 17.7 Å². The van der Waals surface area contributed by atoms with Crippen LogP contribution in [0.15, 0.2) is 30.3 Å². The predicted molar refractivity (Wildman–Crippen MR) is 64.7 cm³/mol. The molecule has 1 aromatic rings. The number of nitrogens with one attached hydrogen (secondary N) is 1. The second-order valence-electron chi connectivity index (χ2n) is 3.84. The molecule has 1 atom stereocenters. The lowest BCUT2D eigenvalue weighted by molar-refractivity contribution is -0.384. The zero-order valence-electron chi connectivity index (χ0n) is 9.33. The molecule has 1 unspecified atom stereocenters. The first-order valence-electron chi connectivity index (χ1n) is 5.49. The SMILES string of the molecule is O=[N+]([O-])c1ccc(/C=C/C2COCCN2)cc1. The predicted octanol–water partition coefficient (Wildman–Crippen LogP) is 1.60. The molecule has 1 aromatic carbocycles. The van der Waals surface area contributed by atoms with Gasteiger partial charge in [-0.1, -0.05) is 12.2 Å². The van der Waals surface area contributed by atoms with Crippen molar-refractivity contribution in [3.8, 4) is 0 Å². The number of nitrogens with zero attached hydrogens (tertiary/aromatic N) is 1. The molecule has 0 spiro atoms. The van der Waals surface area contributed by atoms with Crippen molar-refractivity contribution in [2.75, 3.05) is 19.8 Å². The topological polar surface area (TPSA) is 64.4 Å². The van der Waals surface area contributed by atoms with Gasteiger partial charge < -0.3 is 10.1 Å². The Bertz CT molecular complexity index is 408. The number of morpholine rings is 1. The van der Waals surface area contributed by atoms with E-state index in [1.807, 2.05) is 12.2 Å². The molecule has 1 N–H and O–H groups in total. The van der Waals surface area contributed by atoms with Crippen LogP contribution < -0.4 is 5.32 Å². The number of hydrogen-bond acceptors (Lipinski definition) is 4. The lowest BCUT2D eigenvalue weighted by atomic mass is 10.1. The fourth-order valence-electron chi connectivity index (χ4n) is 1.64. The molecular weight excluding hydrogens is 220 g/mol. The van der Waals surface area contributed by atoms with Gasteiger partial charge in [-0.2, -0.15) is 0 Å². The molecule has 1 aliphatic rings. The molecule has 90 valence electrons. The Labute approximate surface area is 99.2 Å². The minimum Gasteiger partial charge on any atom is -0.378 e. The summed E-state index contributed by atoms with van der Waals surface area (Å²) in [5, 5.41) is 13.8. The summed E-state index contributed by atoms with van der Waals surface area (Å²) in [6.07, 6.45) is 3.95. The van der Waals surface area contributed by atoms with Crippen LogP contribution in [0.3, 0.4) is 0 Å². The van der Waals surface area contributed by atoms with Gasteiger partial charge in [0, 0.05) is 24.7 Å². The number of ether oxygens (including phenoxy) is 1. The van der Waals surface area contributed by atoms with Gasteiger partial charge in [0.05, 0.1) is 18.1 Å². The monoisotopic (exact) mass is 234 g/mol. The first kappa shape index (κ1) is 11.8. The first-order valence-corrected chi connectivity index (χ1v) is 5.49. The summed E-state index contributed by atoms with van der Waals surface area (Å²) in [6, 6.07) is 6.70. The number of nitro groups is 1. The van der Waals surface area contributed by atoms with Crippen molar-refractivity contribution >= 4 is 11.8 Å². The molecule has 2 rings (SSSR count). The fourth-order valence-corrected chi connectivity index (χ4v) is 1.64. The van der Waals surface area contributed by atoms with E-state index in [1.165, 1.54) is 12.1 Å². The molecule has 0 bridgehead atoms. The van der Waals surface area contributed by atoms with E-state index >= 15 is 0 Å². The Morgan fingerprint density at radius 2 is 2.18 bits per heavy atom. The highest BCUT2D eigenvalue weighted by atomic mass is 16.6. The van der Waals surface area contributed by atoms with Crippen LogP contribution in [-0.2, 0) is 4.74 Å². The molecule has 0 aliphatic carbocycles. The summed E-state index contributed by atoms with van der Waals surface area (Å²) in [5.41, 5.74) is 1.06. The smallest absolute Gasteiger partial charge is 0.269 e. The van der Waals surface area contributed by atoms with Gasteiger partial charge in [0.25, 0.3) is 5.69 Å². The van der Waals surface area contributed by atoms with E-state index < -0.39 is 4.92 Å². The van der Waals surface area contributed by atoms with Crippen molar-refractivity contribution in [3.05, 3.63) is 46.0 Å². The summed E-state index contributed by atoms with van der Waals surface area (Å²) in [4.78, 5) is 10.1. The highest BCUT2D eigenvalue weighted by molar-refractivity contribution is 5.52. The largest absolute Gasteiger partial charge is 0.378 e. The molecule has 1 saturated heterocycles. The van der Waals surface area contributed by atoms with E-state index in [9.17, 15) is 10.1 Å². The highest BCUT2D eigenvalue weighted by Crippen LogP contribution is 2.13. The zero-order valence-corrected chi connectivity index (χ0v) is 9.33. The Morgan fingerprint density at radius 3 is 2.76 bits per heavy atom. The molecule has 1 fully saturated rings. The van der Waals surface area contributed by atoms with Crippen molar-refractivity contribution in [1.29, 1.82) is 0 Å². The van der Waals surface area contributed by atoms with Crippen LogP contribution >= 0.6 is 0 Å². The summed E-state index contributed by atoms with van der Waals surface area (Å²) in [7, 11) is 0. The average Bonchev–Trinajstić information content (AvgIpc) is 2.38. The minimum atomic E-state index is -0.399. The maximum atomic E-state index is 10.5. The summed E-state index contributed by atoms with van der Waals surface area (Å²) in [5.74, 6) is 0. The van der Waals surface area contributed by atoms with Crippen molar-refractivity contribution in [2.24, 2.45) is 0 Å². The van der Waals surface area contributed by atoms with Crippen LogP contribution in [0.2, 0.25) is 0 Å². The summed E-state index contributed by atoms with van der Waals surface area (Å²) >= 11 is 0. The van der Waals surface area contributed by atoms with Crippen LogP contribution in [0.4, 0.5) is 5.69 Å². The van der Waals surface area contributed by atoms with Gasteiger partial charge in [0.2, 0.25) is 0 Å². The lowest BCUT2D eigenvalue weighted by Crippen LogP contribution is -2.39. The number of benzene rings is 1. The van der Waals surface area contributed by atoms with Gasteiger partial charge in [-0.3, -0.25) is 10.1 Å². The molecule has 5 heteroatoms. The second-order valence-corrected chi connectivity index (χ2v) is 3.84. The average molecular weight is 234 g/mol. The maximum Gasteiger partial charge on any atom is 0.269 e. The molecule has 1 heterocycles. The van der Waals surface area contributed by atoms with E-state index in [4.69, 9.17) is 4.74 Å². The third-order valence-corrected chi connectivity index (χ3v) is 2.58. The van der Waals surface area contributed by atoms with Crippen LogP contribution in [0.5, 0.6) is 0 Å². The quantitative estimate of drug-likeness (QED) is 0.637. The Morgan fingerprint density at radius 1 is 1.41 bits per heavy atom. The summed E-state index contributed by atoms with van der Waals surface area (Å²) < 4.78 is 5.32. The van der Waals surface area contributed by atoms with Crippen molar-refractivity contribution in [2.45, 2.75) is 6.04 Å². The number of rotatable bonds is 3. The van der Waals surface area contributed by atoms with Crippen LogP contribution in [0.1, 0.15) is 5.56 Å². The third-order valence-electron chi connectivity index (χ3n) is 2.58.